The molecule has 2 aromatic heterocycles. The van der Waals surface area contributed by atoms with Crippen LogP contribution in [0, 0.1) is 20.8 Å². The van der Waals surface area contributed by atoms with E-state index >= 15 is 0 Å². The molecule has 0 saturated carbocycles. The summed E-state index contributed by atoms with van der Waals surface area (Å²) in [6.45, 7) is 5.77. The first-order valence-electron chi connectivity index (χ1n) is 5.12. The standard InChI is InChI=1S/C13H13NOS/c1-8-6-7-16-13(8)12(15)11-5-4-9(2)14-10(11)3/h4-7H,1-3H3. The molecule has 0 fully saturated rings. The molecule has 0 aromatic carbocycles. The van der Waals surface area contributed by atoms with Gasteiger partial charge in [0.1, 0.15) is 0 Å². The van der Waals surface area contributed by atoms with Crippen molar-refractivity contribution in [1.29, 1.82) is 0 Å². The number of carbonyl (C=O) groups is 1. The monoisotopic (exact) mass is 231 g/mol. The van der Waals surface area contributed by atoms with E-state index in [1.165, 1.54) is 11.3 Å². The summed E-state index contributed by atoms with van der Waals surface area (Å²) in [6, 6.07) is 5.71. The molecule has 16 heavy (non-hydrogen) atoms. The van der Waals surface area contributed by atoms with Crippen molar-refractivity contribution >= 4 is 17.1 Å². The molecular weight excluding hydrogens is 218 g/mol. The molecule has 0 aliphatic rings. The van der Waals surface area contributed by atoms with Crippen molar-refractivity contribution in [3.05, 3.63) is 51.0 Å². The Morgan fingerprint density at radius 3 is 2.50 bits per heavy atom. The molecule has 0 bridgehead atoms. The van der Waals surface area contributed by atoms with Gasteiger partial charge in [0, 0.05) is 17.0 Å². The van der Waals surface area contributed by atoms with Gasteiger partial charge in [0.05, 0.1) is 4.88 Å². The average molecular weight is 231 g/mol. The third-order valence-corrected chi connectivity index (χ3v) is 3.55. The van der Waals surface area contributed by atoms with Crippen molar-refractivity contribution in [1.82, 2.24) is 4.98 Å². The minimum atomic E-state index is 0.0810. The van der Waals surface area contributed by atoms with E-state index in [0.717, 1.165) is 21.8 Å². The van der Waals surface area contributed by atoms with Crippen LogP contribution in [0.3, 0.4) is 0 Å². The maximum Gasteiger partial charge on any atom is 0.205 e. The van der Waals surface area contributed by atoms with E-state index in [0.29, 0.717) is 5.56 Å². The number of nitrogens with zero attached hydrogens (tertiary/aromatic N) is 1. The molecule has 0 saturated heterocycles. The number of carbonyl (C=O) groups excluding carboxylic acids is 1. The van der Waals surface area contributed by atoms with Gasteiger partial charge in [0.25, 0.3) is 0 Å². The van der Waals surface area contributed by atoms with E-state index in [-0.39, 0.29) is 5.78 Å². The summed E-state index contributed by atoms with van der Waals surface area (Å²) in [5.74, 6) is 0.0810. The van der Waals surface area contributed by atoms with Gasteiger partial charge in [-0.3, -0.25) is 9.78 Å². The number of pyridine rings is 1. The summed E-state index contributed by atoms with van der Waals surface area (Å²) in [6.07, 6.45) is 0. The van der Waals surface area contributed by atoms with Crippen LogP contribution in [-0.2, 0) is 0 Å². The first-order valence-corrected chi connectivity index (χ1v) is 6.00. The normalized spacial score (nSPS) is 10.4. The van der Waals surface area contributed by atoms with Crippen LogP contribution in [0.1, 0.15) is 32.2 Å². The van der Waals surface area contributed by atoms with Gasteiger partial charge in [0.2, 0.25) is 5.78 Å². The summed E-state index contributed by atoms with van der Waals surface area (Å²) in [5.41, 5.74) is 3.49. The zero-order chi connectivity index (χ0) is 11.7. The van der Waals surface area contributed by atoms with Crippen LogP contribution in [-0.4, -0.2) is 10.8 Å². The molecular formula is C13H13NOS. The van der Waals surface area contributed by atoms with Crippen LogP contribution < -0.4 is 0 Å². The third-order valence-electron chi connectivity index (χ3n) is 2.54. The van der Waals surface area contributed by atoms with Crippen LogP contribution in [0.25, 0.3) is 0 Å². The Kier molecular flexibility index (Phi) is 2.88. The Labute approximate surface area is 99.0 Å². The highest BCUT2D eigenvalue weighted by molar-refractivity contribution is 7.12. The van der Waals surface area contributed by atoms with Crippen LogP contribution in [0.5, 0.6) is 0 Å². The van der Waals surface area contributed by atoms with Crippen LogP contribution in [0.2, 0.25) is 0 Å². The van der Waals surface area contributed by atoms with Gasteiger partial charge in [-0.25, -0.2) is 0 Å². The highest BCUT2D eigenvalue weighted by Gasteiger charge is 2.15. The summed E-state index contributed by atoms with van der Waals surface area (Å²) in [7, 11) is 0. The minimum Gasteiger partial charge on any atom is -0.288 e. The van der Waals surface area contributed by atoms with Gasteiger partial charge in [0.15, 0.2) is 0 Å². The third kappa shape index (κ3) is 1.91. The van der Waals surface area contributed by atoms with E-state index in [2.05, 4.69) is 4.98 Å². The maximum atomic E-state index is 12.2. The lowest BCUT2D eigenvalue weighted by Crippen LogP contribution is -2.05. The topological polar surface area (TPSA) is 30.0 Å². The Balaban J connectivity index is 2.46. The SMILES string of the molecule is Cc1ccc(C(=O)c2sccc2C)c(C)n1. The van der Waals surface area contributed by atoms with Crippen LogP contribution in [0.15, 0.2) is 23.6 Å². The Bertz CT molecular complexity index is 543. The predicted molar refractivity (Wildman–Crippen MR) is 66.2 cm³/mol. The minimum absolute atomic E-state index is 0.0810. The number of ketones is 1. The lowest BCUT2D eigenvalue weighted by molar-refractivity contribution is 0.104. The molecule has 0 aliphatic heterocycles. The first kappa shape index (κ1) is 11.0. The lowest BCUT2D eigenvalue weighted by Gasteiger charge is -2.04. The summed E-state index contributed by atoms with van der Waals surface area (Å²) < 4.78 is 0. The van der Waals surface area contributed by atoms with Crippen molar-refractivity contribution in [2.45, 2.75) is 20.8 Å². The summed E-state index contributed by atoms with van der Waals surface area (Å²) in [4.78, 5) is 17.4. The van der Waals surface area contributed by atoms with E-state index in [4.69, 9.17) is 0 Å². The highest BCUT2D eigenvalue weighted by Crippen LogP contribution is 2.21. The van der Waals surface area contributed by atoms with Gasteiger partial charge in [-0.2, -0.15) is 0 Å². The maximum absolute atomic E-state index is 12.2. The second-order valence-electron chi connectivity index (χ2n) is 3.85. The lowest BCUT2D eigenvalue weighted by atomic mass is 10.1. The molecule has 0 spiro atoms. The summed E-state index contributed by atoms with van der Waals surface area (Å²) >= 11 is 1.49. The zero-order valence-corrected chi connectivity index (χ0v) is 10.4. The highest BCUT2D eigenvalue weighted by atomic mass is 32.1. The van der Waals surface area contributed by atoms with Crippen LogP contribution >= 0.6 is 11.3 Å². The van der Waals surface area contributed by atoms with E-state index in [9.17, 15) is 4.79 Å². The molecule has 2 aromatic rings. The van der Waals surface area contributed by atoms with Gasteiger partial charge in [-0.15, -0.1) is 11.3 Å². The van der Waals surface area contributed by atoms with Gasteiger partial charge in [-0.05, 0) is 49.9 Å². The second kappa shape index (κ2) is 4.18. The smallest absolute Gasteiger partial charge is 0.205 e. The average Bonchev–Trinajstić information content (AvgIpc) is 2.63. The van der Waals surface area contributed by atoms with Gasteiger partial charge in [-0.1, -0.05) is 0 Å². The Morgan fingerprint density at radius 2 is 1.94 bits per heavy atom. The number of aromatic nitrogens is 1. The molecule has 0 radical (unpaired) electrons. The zero-order valence-electron chi connectivity index (χ0n) is 9.57. The van der Waals surface area contributed by atoms with E-state index < -0.39 is 0 Å². The van der Waals surface area contributed by atoms with E-state index in [1.54, 1.807) is 0 Å². The molecule has 0 unspecified atom stereocenters. The number of rotatable bonds is 2. The van der Waals surface area contributed by atoms with Crippen LogP contribution in [0.4, 0.5) is 0 Å². The Morgan fingerprint density at radius 1 is 1.19 bits per heavy atom. The molecule has 0 amide bonds. The fourth-order valence-corrected chi connectivity index (χ4v) is 2.53. The molecule has 2 nitrogen and oxygen atoms in total. The molecule has 0 atom stereocenters. The fourth-order valence-electron chi connectivity index (χ4n) is 1.65. The summed E-state index contributed by atoms with van der Waals surface area (Å²) in [5, 5.41) is 1.94. The molecule has 0 aliphatic carbocycles. The largest absolute Gasteiger partial charge is 0.288 e. The molecule has 3 heteroatoms. The number of hydrogen-bond acceptors (Lipinski definition) is 3. The Hall–Kier alpha value is -1.48. The molecule has 0 N–H and O–H groups in total. The van der Waals surface area contributed by atoms with Crippen molar-refractivity contribution in [3.63, 3.8) is 0 Å². The van der Waals surface area contributed by atoms with Crippen molar-refractivity contribution in [3.8, 4) is 0 Å². The quantitative estimate of drug-likeness (QED) is 0.742. The van der Waals surface area contributed by atoms with Crippen molar-refractivity contribution in [2.75, 3.05) is 0 Å². The van der Waals surface area contributed by atoms with Gasteiger partial charge < -0.3 is 0 Å². The number of hydrogen-bond donors (Lipinski definition) is 0. The fraction of sp³-hybridized carbons (Fsp3) is 0.231. The van der Waals surface area contributed by atoms with Crippen molar-refractivity contribution in [2.24, 2.45) is 0 Å². The molecule has 2 rings (SSSR count). The number of aryl methyl sites for hydroxylation is 3. The van der Waals surface area contributed by atoms with Crippen molar-refractivity contribution < 1.29 is 4.79 Å². The number of thiophene rings is 1. The molecule has 82 valence electrons. The van der Waals surface area contributed by atoms with E-state index in [1.807, 2.05) is 44.4 Å². The second-order valence-corrected chi connectivity index (χ2v) is 4.76. The van der Waals surface area contributed by atoms with Gasteiger partial charge >= 0.3 is 0 Å². The predicted octanol–water partition coefficient (Wildman–Crippen LogP) is 3.30. The molecule has 2 heterocycles. The first-order chi connectivity index (χ1) is 7.59.